The van der Waals surface area contributed by atoms with E-state index in [4.69, 9.17) is 4.42 Å². The second-order valence-corrected chi connectivity index (χ2v) is 13.4. The van der Waals surface area contributed by atoms with Crippen LogP contribution in [0.2, 0.25) is 0 Å². The van der Waals surface area contributed by atoms with Gasteiger partial charge < -0.3 is 9.32 Å². The molecule has 10 aromatic rings. The number of fused-ring (bicyclic) bond motifs is 6. The highest BCUT2D eigenvalue weighted by Gasteiger charge is 2.18. The van der Waals surface area contributed by atoms with Gasteiger partial charge in [0.05, 0.1) is 5.69 Å². The Hall–Kier alpha value is -6.90. The van der Waals surface area contributed by atoms with Crippen LogP contribution in [0.5, 0.6) is 0 Å². The summed E-state index contributed by atoms with van der Waals surface area (Å²) in [5, 5.41) is 7.15. The van der Waals surface area contributed by atoms with Crippen molar-refractivity contribution in [1.82, 2.24) is 0 Å². The van der Waals surface area contributed by atoms with Crippen LogP contribution in [0, 0.1) is 0 Å². The smallest absolute Gasteiger partial charge is 0.136 e. The van der Waals surface area contributed by atoms with Crippen molar-refractivity contribution in [1.29, 1.82) is 0 Å². The van der Waals surface area contributed by atoms with Gasteiger partial charge in [0.25, 0.3) is 0 Å². The lowest BCUT2D eigenvalue weighted by molar-refractivity contribution is 0.669. The average Bonchev–Trinajstić information content (AvgIpc) is 3.61. The molecular weight excluding hydrogens is 631 g/mol. The van der Waals surface area contributed by atoms with E-state index in [1.807, 2.05) is 12.1 Å². The zero-order valence-electron chi connectivity index (χ0n) is 28.4. The van der Waals surface area contributed by atoms with Crippen LogP contribution in [0.4, 0.5) is 17.1 Å². The van der Waals surface area contributed by atoms with Crippen LogP contribution in [0.1, 0.15) is 0 Å². The van der Waals surface area contributed by atoms with Crippen LogP contribution in [0.25, 0.3) is 76.9 Å². The SMILES string of the molecule is c1ccc(-c2ccc3ccc(N(c4ccc(-c5ccc6c(ccc7oc8ccccc8c76)c5)cc4)c4ccccc4-c4ccccc4)cc3c2)cc1. The van der Waals surface area contributed by atoms with Crippen LogP contribution in [0.3, 0.4) is 0 Å². The quantitative estimate of drug-likeness (QED) is 0.176. The van der Waals surface area contributed by atoms with Gasteiger partial charge in [0.2, 0.25) is 0 Å². The van der Waals surface area contributed by atoms with Crippen LogP contribution < -0.4 is 4.90 Å². The third-order valence-electron chi connectivity index (χ3n) is 10.2. The molecule has 9 aromatic carbocycles. The first-order chi connectivity index (χ1) is 25.8. The molecule has 0 aliphatic heterocycles. The van der Waals surface area contributed by atoms with Gasteiger partial charge in [-0.3, -0.25) is 0 Å². The fraction of sp³-hybridized carbons (Fsp3) is 0. The molecule has 0 fully saturated rings. The van der Waals surface area contributed by atoms with Gasteiger partial charge in [-0.1, -0.05) is 146 Å². The minimum Gasteiger partial charge on any atom is -0.456 e. The summed E-state index contributed by atoms with van der Waals surface area (Å²) in [5.41, 5.74) is 12.3. The first-order valence-corrected chi connectivity index (χ1v) is 17.8. The number of hydrogen-bond donors (Lipinski definition) is 0. The van der Waals surface area contributed by atoms with E-state index in [-0.39, 0.29) is 0 Å². The van der Waals surface area contributed by atoms with Gasteiger partial charge in [0.1, 0.15) is 11.2 Å². The van der Waals surface area contributed by atoms with Crippen molar-refractivity contribution in [3.8, 4) is 33.4 Å². The number of anilines is 3. The largest absolute Gasteiger partial charge is 0.456 e. The highest BCUT2D eigenvalue weighted by atomic mass is 16.3. The van der Waals surface area contributed by atoms with Crippen LogP contribution in [-0.4, -0.2) is 0 Å². The highest BCUT2D eigenvalue weighted by Crippen LogP contribution is 2.43. The number of furan rings is 1. The lowest BCUT2D eigenvalue weighted by Crippen LogP contribution is -2.11. The average molecular weight is 664 g/mol. The monoisotopic (exact) mass is 663 g/mol. The Kier molecular flexibility index (Phi) is 7.18. The Labute approximate surface area is 302 Å². The summed E-state index contributed by atoms with van der Waals surface area (Å²) in [5.74, 6) is 0. The van der Waals surface area contributed by atoms with Crippen LogP contribution in [0.15, 0.2) is 205 Å². The molecule has 10 rings (SSSR count). The molecule has 0 saturated heterocycles. The molecule has 0 aliphatic carbocycles. The topological polar surface area (TPSA) is 16.4 Å². The molecule has 1 heterocycles. The van der Waals surface area contributed by atoms with Crippen molar-refractivity contribution in [2.24, 2.45) is 0 Å². The molecule has 0 amide bonds. The van der Waals surface area contributed by atoms with E-state index in [0.29, 0.717) is 0 Å². The second-order valence-electron chi connectivity index (χ2n) is 13.4. The molecule has 52 heavy (non-hydrogen) atoms. The van der Waals surface area contributed by atoms with E-state index < -0.39 is 0 Å². The Balaban J connectivity index is 1.09. The van der Waals surface area contributed by atoms with Gasteiger partial charge in [-0.25, -0.2) is 0 Å². The summed E-state index contributed by atoms with van der Waals surface area (Å²) in [6.07, 6.45) is 0. The van der Waals surface area contributed by atoms with Gasteiger partial charge in [-0.15, -0.1) is 0 Å². The van der Waals surface area contributed by atoms with Crippen molar-refractivity contribution in [2.45, 2.75) is 0 Å². The summed E-state index contributed by atoms with van der Waals surface area (Å²) in [6, 6.07) is 71.8. The minimum absolute atomic E-state index is 0.922. The van der Waals surface area contributed by atoms with Crippen molar-refractivity contribution in [3.63, 3.8) is 0 Å². The molecular formula is C50H33NO. The third-order valence-corrected chi connectivity index (χ3v) is 10.2. The highest BCUT2D eigenvalue weighted by molar-refractivity contribution is 6.19. The zero-order valence-corrected chi connectivity index (χ0v) is 28.4. The molecule has 1 aromatic heterocycles. The second kappa shape index (κ2) is 12.5. The fourth-order valence-corrected chi connectivity index (χ4v) is 7.68. The van der Waals surface area contributed by atoms with E-state index >= 15 is 0 Å². The van der Waals surface area contributed by atoms with Crippen molar-refractivity contribution >= 4 is 60.5 Å². The molecule has 0 unspecified atom stereocenters. The summed E-state index contributed by atoms with van der Waals surface area (Å²) < 4.78 is 6.17. The van der Waals surface area contributed by atoms with E-state index in [1.54, 1.807) is 0 Å². The normalized spacial score (nSPS) is 11.5. The lowest BCUT2D eigenvalue weighted by Gasteiger charge is -2.28. The molecule has 0 radical (unpaired) electrons. The standard InChI is InChI=1S/C50H33NO/c1-3-11-34(12-4-1)38-20-19-36-23-28-43(33-41(36)32-38)51(47-17-9-7-15-44(47)37-13-5-2-6-14-37)42-26-21-35(22-27-42)39-24-29-45-40(31-39)25-30-49-50(45)46-16-8-10-18-48(46)52-49/h1-33H. The first-order valence-electron chi connectivity index (χ1n) is 17.8. The maximum Gasteiger partial charge on any atom is 0.136 e. The van der Waals surface area contributed by atoms with Crippen molar-refractivity contribution in [3.05, 3.63) is 200 Å². The van der Waals surface area contributed by atoms with Crippen molar-refractivity contribution in [2.75, 3.05) is 4.90 Å². The number of benzene rings is 9. The predicted molar refractivity (Wildman–Crippen MR) is 220 cm³/mol. The van der Waals surface area contributed by atoms with E-state index in [0.717, 1.165) is 33.6 Å². The minimum atomic E-state index is 0.922. The van der Waals surface area contributed by atoms with E-state index in [1.165, 1.54) is 60.3 Å². The Morgan fingerprint density at radius 2 is 0.923 bits per heavy atom. The Morgan fingerprint density at radius 1 is 0.327 bits per heavy atom. The first kappa shape index (κ1) is 30.0. The van der Waals surface area contributed by atoms with Crippen molar-refractivity contribution < 1.29 is 4.42 Å². The van der Waals surface area contributed by atoms with Gasteiger partial charge >= 0.3 is 0 Å². The lowest BCUT2D eigenvalue weighted by atomic mass is 9.97. The molecule has 0 spiro atoms. The zero-order chi connectivity index (χ0) is 34.4. The summed E-state index contributed by atoms with van der Waals surface area (Å²) in [6.45, 7) is 0. The van der Waals surface area contributed by atoms with Gasteiger partial charge in [-0.2, -0.15) is 0 Å². The molecule has 0 bridgehead atoms. The van der Waals surface area contributed by atoms with Gasteiger partial charge in [0, 0.05) is 27.7 Å². The summed E-state index contributed by atoms with van der Waals surface area (Å²) >= 11 is 0. The number of rotatable bonds is 6. The van der Waals surface area contributed by atoms with Crippen LogP contribution >= 0.6 is 0 Å². The molecule has 0 atom stereocenters. The summed E-state index contributed by atoms with van der Waals surface area (Å²) in [4.78, 5) is 2.39. The summed E-state index contributed by atoms with van der Waals surface area (Å²) in [7, 11) is 0. The molecule has 2 heteroatoms. The number of para-hydroxylation sites is 2. The Bertz CT molecular complexity index is 2890. The molecule has 0 N–H and O–H groups in total. The molecule has 0 aliphatic rings. The Morgan fingerprint density at radius 3 is 1.75 bits per heavy atom. The van der Waals surface area contributed by atoms with Gasteiger partial charge in [0.15, 0.2) is 0 Å². The fourth-order valence-electron chi connectivity index (χ4n) is 7.68. The molecule has 244 valence electrons. The number of hydrogen-bond acceptors (Lipinski definition) is 2. The number of nitrogens with zero attached hydrogens (tertiary/aromatic N) is 1. The molecule has 2 nitrogen and oxygen atoms in total. The van der Waals surface area contributed by atoms with E-state index in [9.17, 15) is 0 Å². The maximum absolute atomic E-state index is 6.17. The van der Waals surface area contributed by atoms with Gasteiger partial charge in [-0.05, 0) is 104 Å². The third kappa shape index (κ3) is 5.21. The predicted octanol–water partition coefficient (Wildman–Crippen LogP) is 14.4. The van der Waals surface area contributed by atoms with Crippen LogP contribution in [-0.2, 0) is 0 Å². The van der Waals surface area contributed by atoms with E-state index in [2.05, 4.69) is 193 Å². The molecule has 0 saturated carbocycles. The maximum atomic E-state index is 6.17.